The van der Waals surface area contributed by atoms with E-state index in [-0.39, 0.29) is 0 Å². The molecule has 0 fully saturated rings. The van der Waals surface area contributed by atoms with Crippen molar-refractivity contribution in [3.05, 3.63) is 18.3 Å². The number of nitrogens with zero attached hydrogens (tertiary/aromatic N) is 2. The third-order valence-electron chi connectivity index (χ3n) is 1.22. The van der Waals surface area contributed by atoms with Gasteiger partial charge in [0.15, 0.2) is 0 Å². The van der Waals surface area contributed by atoms with Crippen LogP contribution in [0.4, 0.5) is 0 Å². The van der Waals surface area contributed by atoms with Crippen molar-refractivity contribution in [3.8, 4) is 11.9 Å². The largest absolute Gasteiger partial charge is 0.481 e. The molecule has 0 atom stereocenters. The molecule has 0 bridgehead atoms. The Hall–Kier alpha value is -1.21. The number of ether oxygens (including phenoxy) is 1. The van der Waals surface area contributed by atoms with Gasteiger partial charge in [-0.25, -0.2) is 4.98 Å². The van der Waals surface area contributed by atoms with Crippen LogP contribution in [0.1, 0.15) is 0 Å². The van der Waals surface area contributed by atoms with Gasteiger partial charge in [0.1, 0.15) is 0 Å². The number of aromatic nitrogens is 1. The maximum Gasteiger partial charge on any atom is 0.212 e. The molecular formula is C8H8N2OS. The van der Waals surface area contributed by atoms with Crippen LogP contribution in [0.3, 0.4) is 0 Å². The van der Waals surface area contributed by atoms with Gasteiger partial charge in [-0.1, -0.05) is 0 Å². The van der Waals surface area contributed by atoms with E-state index in [2.05, 4.69) is 4.98 Å². The second kappa shape index (κ2) is 4.62. The van der Waals surface area contributed by atoms with E-state index < -0.39 is 0 Å². The van der Waals surface area contributed by atoms with Crippen molar-refractivity contribution in [2.24, 2.45) is 0 Å². The third-order valence-corrected chi connectivity index (χ3v) is 2.07. The van der Waals surface area contributed by atoms with Gasteiger partial charge in [0.2, 0.25) is 5.88 Å². The van der Waals surface area contributed by atoms with E-state index in [1.54, 1.807) is 19.4 Å². The van der Waals surface area contributed by atoms with Gasteiger partial charge < -0.3 is 4.74 Å². The predicted molar refractivity (Wildman–Crippen MR) is 47.1 cm³/mol. The van der Waals surface area contributed by atoms with Gasteiger partial charge in [0.25, 0.3) is 0 Å². The molecule has 0 aliphatic carbocycles. The number of thioether (sulfide) groups is 1. The zero-order valence-electron chi connectivity index (χ0n) is 6.65. The molecule has 4 heteroatoms. The Morgan fingerprint density at radius 2 is 2.50 bits per heavy atom. The minimum Gasteiger partial charge on any atom is -0.481 e. The van der Waals surface area contributed by atoms with Gasteiger partial charge in [0.05, 0.1) is 18.9 Å². The van der Waals surface area contributed by atoms with E-state index >= 15 is 0 Å². The molecule has 0 saturated heterocycles. The van der Waals surface area contributed by atoms with E-state index in [0.717, 1.165) is 4.90 Å². The minimum atomic E-state index is 0.452. The fraction of sp³-hybridized carbons (Fsp3) is 0.250. The van der Waals surface area contributed by atoms with E-state index in [9.17, 15) is 0 Å². The van der Waals surface area contributed by atoms with Crippen LogP contribution in [0.2, 0.25) is 0 Å². The molecule has 12 heavy (non-hydrogen) atoms. The van der Waals surface area contributed by atoms with Gasteiger partial charge in [-0.2, -0.15) is 5.26 Å². The molecule has 1 heterocycles. The first-order chi connectivity index (χ1) is 5.86. The Kier molecular flexibility index (Phi) is 3.42. The molecule has 0 amide bonds. The monoisotopic (exact) mass is 180 g/mol. The quantitative estimate of drug-likeness (QED) is 0.664. The van der Waals surface area contributed by atoms with Crippen LogP contribution in [0.25, 0.3) is 0 Å². The summed E-state index contributed by atoms with van der Waals surface area (Å²) in [5.74, 6) is 1.05. The molecule has 0 N–H and O–H groups in total. The molecule has 0 radical (unpaired) electrons. The highest BCUT2D eigenvalue weighted by atomic mass is 32.2. The molecule has 0 spiro atoms. The van der Waals surface area contributed by atoms with Crippen molar-refractivity contribution in [1.82, 2.24) is 4.98 Å². The van der Waals surface area contributed by atoms with Crippen LogP contribution in [0, 0.1) is 11.3 Å². The summed E-state index contributed by atoms with van der Waals surface area (Å²) < 4.78 is 4.89. The highest BCUT2D eigenvalue weighted by Gasteiger charge is 1.94. The van der Waals surface area contributed by atoms with Crippen molar-refractivity contribution >= 4 is 11.8 Å². The minimum absolute atomic E-state index is 0.452. The van der Waals surface area contributed by atoms with Crippen molar-refractivity contribution in [1.29, 1.82) is 5.26 Å². The topological polar surface area (TPSA) is 45.9 Å². The molecule has 0 aliphatic rings. The maximum atomic E-state index is 8.31. The zero-order chi connectivity index (χ0) is 8.81. The van der Waals surface area contributed by atoms with Crippen LogP contribution >= 0.6 is 11.8 Å². The highest BCUT2D eigenvalue weighted by molar-refractivity contribution is 7.99. The fourth-order valence-electron chi connectivity index (χ4n) is 0.688. The van der Waals surface area contributed by atoms with Gasteiger partial charge in [0, 0.05) is 17.2 Å². The SMILES string of the molecule is COc1ccc(SCC#N)cn1. The van der Waals surface area contributed by atoms with Crippen LogP contribution in [0.15, 0.2) is 23.2 Å². The Bertz CT molecular complexity index is 278. The van der Waals surface area contributed by atoms with E-state index in [1.807, 2.05) is 12.1 Å². The number of methoxy groups -OCH3 is 1. The molecule has 1 aromatic heterocycles. The van der Waals surface area contributed by atoms with Crippen molar-refractivity contribution < 1.29 is 4.74 Å². The summed E-state index contributed by atoms with van der Waals surface area (Å²) in [5.41, 5.74) is 0. The summed E-state index contributed by atoms with van der Waals surface area (Å²) in [6.45, 7) is 0. The molecule has 3 nitrogen and oxygen atoms in total. The second-order valence-corrected chi connectivity index (χ2v) is 3.03. The van der Waals surface area contributed by atoms with Gasteiger partial charge in [-0.3, -0.25) is 0 Å². The zero-order valence-corrected chi connectivity index (χ0v) is 7.47. The first-order valence-corrected chi connectivity index (χ1v) is 4.35. The second-order valence-electron chi connectivity index (χ2n) is 1.98. The average Bonchev–Trinajstić information content (AvgIpc) is 2.15. The van der Waals surface area contributed by atoms with Gasteiger partial charge in [-0.05, 0) is 6.07 Å². The first-order valence-electron chi connectivity index (χ1n) is 3.36. The lowest BCUT2D eigenvalue weighted by Crippen LogP contribution is -1.86. The summed E-state index contributed by atoms with van der Waals surface area (Å²) in [6, 6.07) is 5.71. The summed E-state index contributed by atoms with van der Waals surface area (Å²) in [7, 11) is 1.57. The van der Waals surface area contributed by atoms with Crippen LogP contribution in [-0.2, 0) is 0 Å². The molecule has 0 unspecified atom stereocenters. The first kappa shape index (κ1) is 8.88. The summed E-state index contributed by atoms with van der Waals surface area (Å²) >= 11 is 1.46. The lowest BCUT2D eigenvalue weighted by atomic mass is 10.5. The van der Waals surface area contributed by atoms with Crippen molar-refractivity contribution in [3.63, 3.8) is 0 Å². The van der Waals surface area contributed by atoms with Crippen LogP contribution < -0.4 is 4.74 Å². The summed E-state index contributed by atoms with van der Waals surface area (Å²) in [6.07, 6.45) is 1.70. The van der Waals surface area contributed by atoms with E-state index in [4.69, 9.17) is 10.00 Å². The molecular weight excluding hydrogens is 172 g/mol. The third kappa shape index (κ3) is 2.44. The maximum absolute atomic E-state index is 8.31. The number of pyridine rings is 1. The van der Waals surface area contributed by atoms with Crippen molar-refractivity contribution in [2.75, 3.05) is 12.9 Å². The lowest BCUT2D eigenvalue weighted by molar-refractivity contribution is 0.397. The molecule has 0 aliphatic heterocycles. The molecule has 0 aromatic carbocycles. The normalized spacial score (nSPS) is 9.00. The van der Waals surface area contributed by atoms with Gasteiger partial charge in [-0.15, -0.1) is 11.8 Å². The molecule has 62 valence electrons. The van der Waals surface area contributed by atoms with E-state index in [0.29, 0.717) is 11.6 Å². The highest BCUT2D eigenvalue weighted by Crippen LogP contribution is 2.17. The van der Waals surface area contributed by atoms with Crippen LogP contribution in [0.5, 0.6) is 5.88 Å². The predicted octanol–water partition coefficient (Wildman–Crippen LogP) is 1.71. The smallest absolute Gasteiger partial charge is 0.212 e. The number of rotatable bonds is 3. The number of nitriles is 1. The summed E-state index contributed by atoms with van der Waals surface area (Å²) in [4.78, 5) is 4.98. The molecule has 0 saturated carbocycles. The Labute approximate surface area is 75.4 Å². The van der Waals surface area contributed by atoms with Crippen LogP contribution in [-0.4, -0.2) is 17.8 Å². The Morgan fingerprint density at radius 1 is 1.67 bits per heavy atom. The average molecular weight is 180 g/mol. The molecule has 1 rings (SSSR count). The number of hydrogen-bond acceptors (Lipinski definition) is 4. The number of hydrogen-bond donors (Lipinski definition) is 0. The molecule has 1 aromatic rings. The fourth-order valence-corrected chi connectivity index (χ4v) is 1.21. The lowest BCUT2D eigenvalue weighted by Gasteiger charge is -1.98. The van der Waals surface area contributed by atoms with E-state index in [1.165, 1.54) is 11.8 Å². The van der Waals surface area contributed by atoms with Crippen molar-refractivity contribution in [2.45, 2.75) is 4.90 Å². The standard InChI is InChI=1S/C8H8N2OS/c1-11-8-3-2-7(6-10-8)12-5-4-9/h2-3,6H,5H2,1H3. The summed E-state index contributed by atoms with van der Waals surface area (Å²) in [5, 5.41) is 8.31. The Balaban J connectivity index is 2.60. The Morgan fingerprint density at radius 3 is 3.00 bits per heavy atom. The van der Waals surface area contributed by atoms with Gasteiger partial charge >= 0.3 is 0 Å².